The third-order valence-corrected chi connectivity index (χ3v) is 17.0. The highest BCUT2D eigenvalue weighted by molar-refractivity contribution is 7.56. The fourth-order valence-electron chi connectivity index (χ4n) is 7.48. The molecule has 46 heteroatoms. The number of halogens is 3. The lowest BCUT2D eigenvalue weighted by Gasteiger charge is -2.27. The van der Waals surface area contributed by atoms with Crippen molar-refractivity contribution in [2.75, 3.05) is 75.1 Å². The number of furan rings is 3. The topological polar surface area (TPSA) is 547 Å². The van der Waals surface area contributed by atoms with Crippen LogP contribution in [0.5, 0.6) is 0 Å². The highest BCUT2D eigenvalue weighted by Crippen LogP contribution is 2.51. The fraction of sp³-hybridized carbons (Fsp3) is 0.409. The number of ether oxygens (including phenoxy) is 3. The maximum atomic E-state index is 13.6. The second-order valence-corrected chi connectivity index (χ2v) is 25.5. The van der Waals surface area contributed by atoms with Crippen LogP contribution in [0, 0.1) is 30.3 Å². The Morgan fingerprint density at radius 1 is 0.689 bits per heavy atom. The SMILES string of the molecule is CN(CCCCCl)P(=O)(COCCn1cnc2c(=O)[nH]c(N)nc21)OCc1ccc([N+](=O)[O-])o1.NC1=NC(Cl)c2ncn(CCOCP(=O)(O)OCc3ccc([N+](=O)[O-])o3)c2N1.Nc1nc(Cl)c2ncn(CCOCP(=O)(O)OCc3ccc([N+](=O)[O-])o3)c2n1. The maximum absolute atomic E-state index is 13.6. The number of rotatable bonds is 32. The first-order valence-corrected chi connectivity index (χ1v) is 32.4. The lowest BCUT2D eigenvalue weighted by atomic mass is 10.3. The van der Waals surface area contributed by atoms with Gasteiger partial charge in [0.25, 0.3) is 13.1 Å². The van der Waals surface area contributed by atoms with E-state index in [0.29, 0.717) is 53.7 Å². The van der Waals surface area contributed by atoms with Crippen LogP contribution in [0.4, 0.5) is 35.4 Å². The Kier molecular flexibility index (Phi) is 24.6. The molecule has 0 fully saturated rings. The number of nitrogens with two attached hydrogens (primary N) is 3. The molecule has 1 aliphatic heterocycles. The molecule has 0 radical (unpaired) electrons. The van der Waals surface area contributed by atoms with Gasteiger partial charge in [-0.25, -0.2) is 24.6 Å². The highest BCUT2D eigenvalue weighted by atomic mass is 35.5. The zero-order chi connectivity index (χ0) is 65.3. The molecule has 9 rings (SSSR count). The number of H-pyrrole nitrogens is 1. The van der Waals surface area contributed by atoms with Crippen LogP contribution in [0.25, 0.3) is 22.3 Å². The summed E-state index contributed by atoms with van der Waals surface area (Å²) in [5, 5.41) is 34.8. The number of imidazole rings is 3. The van der Waals surface area contributed by atoms with Gasteiger partial charge in [0, 0.05) is 32.1 Å². The van der Waals surface area contributed by atoms with Gasteiger partial charge in [0.1, 0.15) is 87.9 Å². The van der Waals surface area contributed by atoms with Crippen molar-refractivity contribution >= 4 is 121 Å². The van der Waals surface area contributed by atoms with Crippen molar-refractivity contribution in [3.05, 3.63) is 124 Å². The smallest absolute Gasteiger partial charge is 0.403 e. The van der Waals surface area contributed by atoms with Crippen molar-refractivity contribution in [3.63, 3.8) is 0 Å². The number of fused-ring (bicyclic) bond motifs is 3. The zero-order valence-electron chi connectivity index (χ0n) is 46.7. The Morgan fingerprint density at radius 3 is 1.68 bits per heavy atom. The predicted molar refractivity (Wildman–Crippen MR) is 316 cm³/mol. The van der Waals surface area contributed by atoms with Gasteiger partial charge in [0.2, 0.25) is 11.9 Å². The minimum Gasteiger partial charge on any atom is -0.403 e. The molecule has 9 heterocycles. The molecule has 0 saturated heterocycles. The largest absolute Gasteiger partial charge is 0.433 e. The third-order valence-electron chi connectivity index (χ3n) is 11.8. The Hall–Kier alpha value is -7.78. The molecular formula is C44H55Cl3N19O21P3. The van der Waals surface area contributed by atoms with Gasteiger partial charge in [-0.1, -0.05) is 23.2 Å². The minimum atomic E-state index is -4.09. The van der Waals surface area contributed by atoms with Crippen LogP contribution < -0.4 is 28.1 Å². The van der Waals surface area contributed by atoms with E-state index in [4.69, 9.17) is 93.0 Å². The molecule has 40 nitrogen and oxygen atoms in total. The monoisotopic (exact) mass is 1380 g/mol. The summed E-state index contributed by atoms with van der Waals surface area (Å²) in [5.41, 5.74) is 17.4. The van der Waals surface area contributed by atoms with E-state index in [0.717, 1.165) is 18.6 Å². The first-order chi connectivity index (χ1) is 42.7. The van der Waals surface area contributed by atoms with Crippen molar-refractivity contribution in [2.45, 2.75) is 57.8 Å². The molecule has 0 bridgehead atoms. The van der Waals surface area contributed by atoms with Gasteiger partial charge in [-0.15, -0.1) is 11.6 Å². The number of aromatic nitrogens is 10. The summed E-state index contributed by atoms with van der Waals surface area (Å²) in [5.74, 6) is 0.0188. The number of alkyl halides is 2. The van der Waals surface area contributed by atoms with E-state index < -0.39 is 92.1 Å². The molecule has 0 aromatic carbocycles. The normalized spacial score (nSPS) is 15.0. The number of hydrogen-bond acceptors (Lipinski definition) is 30. The van der Waals surface area contributed by atoms with Gasteiger partial charge in [-0.3, -0.25) is 62.9 Å². The summed E-state index contributed by atoms with van der Waals surface area (Å²) in [4.78, 5) is 91.6. The molecule has 8 aromatic heterocycles. The van der Waals surface area contributed by atoms with Crippen LogP contribution in [-0.4, -0.2) is 142 Å². The standard InChI is InChI=1S/C18H25ClN7O7P.C13H16ClN6O7P.C13H14ClN6O7P/c1-24(7-3-2-6-19)34(30,32-10-13-4-5-14(33-13)26(28)29)12-31-9-8-25-11-21-15-16(25)22-18(20)23-17(15)27;2*14-11-10-12(18-13(15)17-11)19(6-16-10)3-4-25-7-28(23,24)26-5-8-1-2-9(27-8)20(21)22/h4-5,11H,2-3,6-10,12H2,1H3,(H3,20,22,23,27);1-2,6,11H,3-5,7H2,(H,23,24)(H3,15,17,18);1-2,6H,3-5,7H2,(H,23,24)(H2,15,17,18). The summed E-state index contributed by atoms with van der Waals surface area (Å²) in [6, 6.07) is 7.40. The molecule has 0 spiro atoms. The second kappa shape index (κ2) is 31.8. The van der Waals surface area contributed by atoms with E-state index >= 15 is 0 Å². The summed E-state index contributed by atoms with van der Waals surface area (Å²) in [6.45, 7) is 0.482. The molecule has 1 aliphatic rings. The van der Waals surface area contributed by atoms with Crippen molar-refractivity contribution < 1.29 is 79.3 Å². The van der Waals surface area contributed by atoms with Crippen molar-refractivity contribution in [3.8, 4) is 0 Å². The van der Waals surface area contributed by atoms with Crippen LogP contribution in [0.15, 0.2) is 78.4 Å². The van der Waals surface area contributed by atoms with E-state index in [2.05, 4.69) is 45.2 Å². The summed E-state index contributed by atoms with van der Waals surface area (Å²) in [6.07, 6.45) is 4.46. The number of nitro groups is 3. The predicted octanol–water partition coefficient (Wildman–Crippen LogP) is 6.22. The molecule has 4 atom stereocenters. The number of aliphatic imine (C=N–C) groups is 1. The minimum absolute atomic E-state index is 0.00779. The summed E-state index contributed by atoms with van der Waals surface area (Å²) < 4.78 is 90.0. The molecule has 8 aromatic rings. The number of anilines is 3. The summed E-state index contributed by atoms with van der Waals surface area (Å²) >= 11 is 17.7. The highest BCUT2D eigenvalue weighted by Gasteiger charge is 2.31. The fourth-order valence-corrected chi connectivity index (χ4v) is 11.3. The van der Waals surface area contributed by atoms with Gasteiger partial charge in [0.15, 0.2) is 33.4 Å². The average molecular weight is 1390 g/mol. The van der Waals surface area contributed by atoms with E-state index in [1.165, 1.54) is 43.2 Å². The van der Waals surface area contributed by atoms with Gasteiger partial charge in [0.05, 0.1) is 57.0 Å². The van der Waals surface area contributed by atoms with Crippen LogP contribution in [0.2, 0.25) is 5.15 Å². The van der Waals surface area contributed by atoms with E-state index in [1.54, 1.807) is 25.4 Å². The third kappa shape index (κ3) is 19.9. The Morgan fingerprint density at radius 2 is 1.17 bits per heavy atom. The van der Waals surface area contributed by atoms with Crippen LogP contribution in [0.1, 0.15) is 41.3 Å². The van der Waals surface area contributed by atoms with Crippen LogP contribution in [-0.2, 0) is 80.9 Å². The molecule has 0 aliphatic carbocycles. The summed E-state index contributed by atoms with van der Waals surface area (Å²) in [7, 11) is -9.99. The number of unbranched alkanes of at least 4 members (excludes halogenated alkanes) is 1. The number of nitrogen functional groups attached to an aromatic ring is 2. The molecule has 4 unspecified atom stereocenters. The van der Waals surface area contributed by atoms with E-state index in [-0.39, 0.29) is 91.7 Å². The van der Waals surface area contributed by atoms with Crippen LogP contribution >= 0.6 is 57.5 Å². The number of guanidine groups is 1. The molecular weight excluding hydrogens is 1330 g/mol. The van der Waals surface area contributed by atoms with Crippen molar-refractivity contribution in [1.82, 2.24) is 53.3 Å². The number of nitrogens with one attached hydrogen (secondary N) is 2. The van der Waals surface area contributed by atoms with E-state index in [9.17, 15) is 58.6 Å². The zero-order valence-corrected chi connectivity index (χ0v) is 51.7. The van der Waals surface area contributed by atoms with Gasteiger partial charge >= 0.3 is 32.8 Å². The molecule has 90 heavy (non-hydrogen) atoms. The maximum Gasteiger partial charge on any atom is 0.433 e. The molecule has 488 valence electrons. The Balaban J connectivity index is 0.000000193. The van der Waals surface area contributed by atoms with Crippen molar-refractivity contribution in [1.29, 1.82) is 0 Å². The van der Waals surface area contributed by atoms with Gasteiger partial charge < -0.3 is 78.0 Å². The lowest BCUT2D eigenvalue weighted by molar-refractivity contribution is -0.402. The number of hydrogen-bond donors (Lipinski definition) is 7. The second-order valence-electron chi connectivity index (χ2n) is 18.3. The lowest BCUT2D eigenvalue weighted by Crippen LogP contribution is -2.28. The number of nitrogens with zero attached hydrogens (tertiary/aromatic N) is 14. The first kappa shape index (κ1) is 69.7. The van der Waals surface area contributed by atoms with Gasteiger partial charge in [-0.05, 0) is 38.1 Å². The van der Waals surface area contributed by atoms with E-state index in [1.807, 2.05) is 0 Å². The quantitative estimate of drug-likeness (QED) is 0.00468. The molecule has 0 amide bonds. The van der Waals surface area contributed by atoms with Crippen LogP contribution in [0.3, 0.4) is 0 Å². The molecule has 0 saturated carbocycles. The average Bonchev–Trinajstić information content (AvgIpc) is 1.78. The number of aromatic amines is 1. The van der Waals surface area contributed by atoms with Gasteiger partial charge in [-0.2, -0.15) is 15.0 Å². The molecule has 10 N–H and O–H groups in total. The Bertz CT molecular complexity index is 4020. The first-order valence-electron chi connectivity index (χ1n) is 25.7. The van der Waals surface area contributed by atoms with Crippen molar-refractivity contribution in [2.24, 2.45) is 10.7 Å². The Labute approximate surface area is 519 Å².